The average molecular weight is 417 g/mol. The van der Waals surface area contributed by atoms with Gasteiger partial charge in [-0.3, -0.25) is 4.79 Å². The number of carbonyl (C=O) groups excluding carboxylic acids is 1. The fourth-order valence-corrected chi connectivity index (χ4v) is 5.94. The highest BCUT2D eigenvalue weighted by Crippen LogP contribution is 2.54. The van der Waals surface area contributed by atoms with E-state index in [4.69, 9.17) is 0 Å². The van der Waals surface area contributed by atoms with Crippen molar-refractivity contribution in [3.8, 4) is 11.3 Å². The van der Waals surface area contributed by atoms with Crippen molar-refractivity contribution in [2.45, 2.75) is 38.5 Å². The van der Waals surface area contributed by atoms with Crippen LogP contribution in [0.2, 0.25) is 0 Å². The van der Waals surface area contributed by atoms with Crippen molar-refractivity contribution >= 4 is 5.91 Å². The predicted octanol–water partition coefficient (Wildman–Crippen LogP) is 5.75. The fraction of sp³-hybridized carbons (Fsp3) is 0.370. The predicted molar refractivity (Wildman–Crippen MR) is 121 cm³/mol. The first-order valence-electron chi connectivity index (χ1n) is 11.3. The zero-order valence-corrected chi connectivity index (χ0v) is 18.2. The SMILES string of the molecule is CC1CC(C)CN(C(=O)CCC2(c3ccc(F)cc3)c3ccccc3-c3[nH]ccc32)C1. The van der Waals surface area contributed by atoms with Crippen molar-refractivity contribution in [2.24, 2.45) is 11.8 Å². The Bertz CT molecular complexity index is 1090. The van der Waals surface area contributed by atoms with Crippen LogP contribution in [0.15, 0.2) is 60.8 Å². The van der Waals surface area contributed by atoms with Crippen LogP contribution in [-0.2, 0) is 10.2 Å². The maximum absolute atomic E-state index is 13.8. The molecular formula is C27H29FN2O. The van der Waals surface area contributed by atoms with E-state index in [0.29, 0.717) is 24.7 Å². The van der Waals surface area contributed by atoms with Crippen LogP contribution in [0.25, 0.3) is 11.3 Å². The lowest BCUT2D eigenvalue weighted by Crippen LogP contribution is -2.43. The van der Waals surface area contributed by atoms with E-state index in [9.17, 15) is 9.18 Å². The third-order valence-electron chi connectivity index (χ3n) is 7.14. The lowest BCUT2D eigenvalue weighted by Gasteiger charge is -2.37. The molecule has 160 valence electrons. The van der Waals surface area contributed by atoms with Crippen LogP contribution in [0, 0.1) is 17.7 Å². The van der Waals surface area contributed by atoms with Gasteiger partial charge in [0.25, 0.3) is 0 Å². The molecule has 4 heteroatoms. The van der Waals surface area contributed by atoms with Crippen molar-refractivity contribution in [1.82, 2.24) is 9.88 Å². The van der Waals surface area contributed by atoms with Crippen molar-refractivity contribution in [1.29, 1.82) is 0 Å². The van der Waals surface area contributed by atoms with Crippen molar-refractivity contribution in [2.75, 3.05) is 13.1 Å². The third kappa shape index (κ3) is 3.29. The molecule has 1 N–H and O–H groups in total. The number of aromatic amines is 1. The van der Waals surface area contributed by atoms with Gasteiger partial charge in [-0.2, -0.15) is 0 Å². The van der Waals surface area contributed by atoms with Crippen LogP contribution < -0.4 is 0 Å². The molecule has 2 aromatic carbocycles. The molecule has 1 aliphatic heterocycles. The molecular weight excluding hydrogens is 387 g/mol. The molecule has 3 atom stereocenters. The van der Waals surface area contributed by atoms with Gasteiger partial charge >= 0.3 is 0 Å². The van der Waals surface area contributed by atoms with Crippen LogP contribution in [0.3, 0.4) is 0 Å². The average Bonchev–Trinajstić information content (AvgIpc) is 3.33. The van der Waals surface area contributed by atoms with Gasteiger partial charge in [-0.1, -0.05) is 50.2 Å². The molecule has 1 aliphatic carbocycles. The molecule has 0 radical (unpaired) electrons. The lowest BCUT2D eigenvalue weighted by atomic mass is 9.69. The maximum Gasteiger partial charge on any atom is 0.222 e. The highest BCUT2D eigenvalue weighted by Gasteiger charge is 2.45. The molecule has 2 aliphatic rings. The lowest BCUT2D eigenvalue weighted by molar-refractivity contribution is -0.134. The third-order valence-corrected chi connectivity index (χ3v) is 7.14. The van der Waals surface area contributed by atoms with Crippen LogP contribution in [0.5, 0.6) is 0 Å². The van der Waals surface area contributed by atoms with Gasteiger partial charge in [0.05, 0.1) is 5.69 Å². The van der Waals surface area contributed by atoms with Gasteiger partial charge in [-0.15, -0.1) is 0 Å². The summed E-state index contributed by atoms with van der Waals surface area (Å²) in [5, 5.41) is 0. The number of hydrogen-bond donors (Lipinski definition) is 1. The first-order chi connectivity index (χ1) is 15.0. The van der Waals surface area contributed by atoms with E-state index in [1.165, 1.54) is 35.2 Å². The molecule has 0 bridgehead atoms. The van der Waals surface area contributed by atoms with Crippen LogP contribution >= 0.6 is 0 Å². The highest BCUT2D eigenvalue weighted by atomic mass is 19.1. The zero-order chi connectivity index (χ0) is 21.6. The summed E-state index contributed by atoms with van der Waals surface area (Å²) in [6, 6.07) is 17.3. The summed E-state index contributed by atoms with van der Waals surface area (Å²) in [6.45, 7) is 6.15. The van der Waals surface area contributed by atoms with Crippen LogP contribution in [0.4, 0.5) is 4.39 Å². The quantitative estimate of drug-likeness (QED) is 0.577. The molecule has 2 heterocycles. The number of fused-ring (bicyclic) bond motifs is 3. The summed E-state index contributed by atoms with van der Waals surface area (Å²) in [7, 11) is 0. The zero-order valence-electron chi connectivity index (χ0n) is 18.2. The van der Waals surface area contributed by atoms with E-state index in [2.05, 4.69) is 48.0 Å². The Morgan fingerprint density at radius 2 is 1.74 bits per heavy atom. The number of aromatic nitrogens is 1. The second-order valence-electron chi connectivity index (χ2n) is 9.47. The van der Waals surface area contributed by atoms with Crippen molar-refractivity contribution in [3.05, 3.63) is 83.3 Å². The van der Waals surface area contributed by atoms with Gasteiger partial charge in [-0.05, 0) is 59.6 Å². The van der Waals surface area contributed by atoms with E-state index in [-0.39, 0.29) is 11.7 Å². The van der Waals surface area contributed by atoms with E-state index < -0.39 is 5.41 Å². The van der Waals surface area contributed by atoms with E-state index in [0.717, 1.165) is 24.3 Å². The number of amides is 1. The fourth-order valence-electron chi connectivity index (χ4n) is 5.94. The molecule has 1 aromatic heterocycles. The normalized spacial score (nSPS) is 24.7. The topological polar surface area (TPSA) is 36.1 Å². The molecule has 0 saturated carbocycles. The van der Waals surface area contributed by atoms with Gasteiger partial charge in [0.1, 0.15) is 5.82 Å². The summed E-state index contributed by atoms with van der Waals surface area (Å²) in [5.41, 5.74) is 5.22. The second kappa shape index (κ2) is 7.67. The Morgan fingerprint density at radius 3 is 2.48 bits per heavy atom. The molecule has 3 unspecified atom stereocenters. The van der Waals surface area contributed by atoms with E-state index in [1.807, 2.05) is 24.4 Å². The number of hydrogen-bond acceptors (Lipinski definition) is 1. The smallest absolute Gasteiger partial charge is 0.222 e. The van der Waals surface area contributed by atoms with Gasteiger partial charge in [0, 0.05) is 36.7 Å². The molecule has 0 spiro atoms. The van der Waals surface area contributed by atoms with E-state index >= 15 is 0 Å². The number of piperidine rings is 1. The maximum atomic E-state index is 13.8. The first kappa shape index (κ1) is 20.0. The Hall–Kier alpha value is -2.88. The number of nitrogens with one attached hydrogen (secondary N) is 1. The molecule has 1 fully saturated rings. The number of nitrogens with zero attached hydrogens (tertiary/aromatic N) is 1. The van der Waals surface area contributed by atoms with Crippen molar-refractivity contribution < 1.29 is 9.18 Å². The molecule has 3 aromatic rings. The van der Waals surface area contributed by atoms with Gasteiger partial charge < -0.3 is 9.88 Å². The number of H-pyrrole nitrogens is 1. The first-order valence-corrected chi connectivity index (χ1v) is 11.3. The largest absolute Gasteiger partial charge is 0.361 e. The Morgan fingerprint density at radius 1 is 1.03 bits per heavy atom. The monoisotopic (exact) mass is 416 g/mol. The number of benzene rings is 2. The number of likely N-dealkylation sites (tertiary alicyclic amines) is 1. The minimum absolute atomic E-state index is 0.223. The van der Waals surface area contributed by atoms with E-state index in [1.54, 1.807) is 0 Å². The van der Waals surface area contributed by atoms with Gasteiger partial charge in [0.2, 0.25) is 5.91 Å². The van der Waals surface area contributed by atoms with Crippen LogP contribution in [0.1, 0.15) is 49.8 Å². The summed E-state index contributed by atoms with van der Waals surface area (Å²) in [5.74, 6) is 1.07. The minimum atomic E-state index is -0.456. The highest BCUT2D eigenvalue weighted by molar-refractivity contribution is 5.82. The van der Waals surface area contributed by atoms with Crippen LogP contribution in [-0.4, -0.2) is 28.9 Å². The molecule has 31 heavy (non-hydrogen) atoms. The standard InChI is InChI=1S/C27H29FN2O/c1-18-15-19(2)17-30(16-18)25(31)11-13-27(20-7-9-21(28)10-8-20)23-6-4-3-5-22(23)26-24(27)12-14-29-26/h3-10,12,14,18-19,29H,11,13,15-17H2,1-2H3. The Balaban J connectivity index is 1.54. The number of halogens is 1. The summed E-state index contributed by atoms with van der Waals surface area (Å²) >= 11 is 0. The van der Waals surface area contributed by atoms with Gasteiger partial charge in [-0.25, -0.2) is 4.39 Å². The second-order valence-corrected chi connectivity index (χ2v) is 9.47. The Kier molecular flexibility index (Phi) is 4.96. The number of rotatable bonds is 4. The van der Waals surface area contributed by atoms with Gasteiger partial charge in [0.15, 0.2) is 0 Å². The molecule has 1 saturated heterocycles. The Labute approximate surface area is 183 Å². The van der Waals surface area contributed by atoms with Crippen molar-refractivity contribution in [3.63, 3.8) is 0 Å². The summed E-state index contributed by atoms with van der Waals surface area (Å²) in [6.07, 6.45) is 4.28. The molecule has 3 nitrogen and oxygen atoms in total. The summed E-state index contributed by atoms with van der Waals surface area (Å²) < 4.78 is 13.8. The minimum Gasteiger partial charge on any atom is -0.361 e. The summed E-state index contributed by atoms with van der Waals surface area (Å²) in [4.78, 5) is 18.7. The molecule has 5 rings (SSSR count). The molecule has 1 amide bonds. The number of carbonyl (C=O) groups is 1.